The molecule has 2 aliphatic rings. The quantitative estimate of drug-likeness (QED) is 0.695. The molecule has 7 heteroatoms. The highest BCUT2D eigenvalue weighted by Gasteiger charge is 2.30. The molecule has 0 spiro atoms. The second-order valence-electron chi connectivity index (χ2n) is 8.11. The van der Waals surface area contributed by atoms with Gasteiger partial charge in [0.15, 0.2) is 5.82 Å². The maximum atomic E-state index is 12.0. The molecule has 5 rings (SSSR count). The van der Waals surface area contributed by atoms with Crippen molar-refractivity contribution in [2.24, 2.45) is 5.92 Å². The third-order valence-electron chi connectivity index (χ3n) is 5.63. The molecule has 0 radical (unpaired) electrons. The van der Waals surface area contributed by atoms with E-state index in [2.05, 4.69) is 15.4 Å². The van der Waals surface area contributed by atoms with Crippen LogP contribution in [-0.2, 0) is 4.79 Å². The monoisotopic (exact) mass is 392 g/mol. The minimum Gasteiger partial charge on any atom is -0.488 e. The van der Waals surface area contributed by atoms with Crippen LogP contribution in [0.5, 0.6) is 5.75 Å². The molecule has 0 aliphatic heterocycles. The molecule has 2 aliphatic carbocycles. The van der Waals surface area contributed by atoms with E-state index in [1.54, 1.807) is 10.7 Å². The first-order valence-corrected chi connectivity index (χ1v) is 10.2. The lowest BCUT2D eigenvalue weighted by Crippen LogP contribution is -2.14. The number of amides is 1. The second-order valence-corrected chi connectivity index (χ2v) is 8.11. The summed E-state index contributed by atoms with van der Waals surface area (Å²) >= 11 is 0. The van der Waals surface area contributed by atoms with Gasteiger partial charge in [-0.3, -0.25) is 9.78 Å². The Kier molecular flexibility index (Phi) is 4.47. The number of ether oxygens (including phenoxy) is 1. The third-order valence-corrected chi connectivity index (χ3v) is 5.63. The predicted octanol–water partition coefficient (Wildman–Crippen LogP) is 3.35. The Morgan fingerprint density at radius 3 is 2.86 bits per heavy atom. The number of carbonyl (C=O) groups is 1. The number of carbonyl (C=O) groups excluding carboxylic acids is 1. The molecule has 150 valence electrons. The number of hydrogen-bond acceptors (Lipinski definition) is 5. The first kappa shape index (κ1) is 18.1. The number of nitrogens with one attached hydrogen (secondary N) is 1. The summed E-state index contributed by atoms with van der Waals surface area (Å²) in [5.41, 5.74) is 3.76. The van der Waals surface area contributed by atoms with Crippen molar-refractivity contribution >= 4 is 17.2 Å². The Labute approximate surface area is 168 Å². The van der Waals surface area contributed by atoms with Gasteiger partial charge in [-0.05, 0) is 56.4 Å². The van der Waals surface area contributed by atoms with E-state index in [1.165, 1.54) is 0 Å². The molecular weight excluding hydrogens is 368 g/mol. The lowest BCUT2D eigenvalue weighted by atomic mass is 10.1. The summed E-state index contributed by atoms with van der Waals surface area (Å²) in [6.45, 7) is 1.95. The highest BCUT2D eigenvalue weighted by molar-refractivity contribution is 5.93. The van der Waals surface area contributed by atoms with Crippen molar-refractivity contribution in [3.63, 3.8) is 0 Å². The van der Waals surface area contributed by atoms with Gasteiger partial charge in [0.05, 0.1) is 17.8 Å². The van der Waals surface area contributed by atoms with Crippen LogP contribution < -0.4 is 10.1 Å². The number of rotatable bonds is 5. The lowest BCUT2D eigenvalue weighted by molar-refractivity contribution is -0.117. The van der Waals surface area contributed by atoms with Gasteiger partial charge in [0.25, 0.3) is 0 Å². The molecule has 3 heterocycles. The average molecular weight is 392 g/mol. The van der Waals surface area contributed by atoms with Gasteiger partial charge in [-0.2, -0.15) is 5.10 Å². The summed E-state index contributed by atoms with van der Waals surface area (Å²) in [6, 6.07) is 7.91. The zero-order valence-corrected chi connectivity index (χ0v) is 16.3. The number of pyridine rings is 2. The van der Waals surface area contributed by atoms with Gasteiger partial charge in [0, 0.05) is 35.9 Å². The van der Waals surface area contributed by atoms with E-state index in [-0.39, 0.29) is 24.0 Å². The van der Waals surface area contributed by atoms with Crippen LogP contribution in [0, 0.1) is 12.8 Å². The van der Waals surface area contributed by atoms with Gasteiger partial charge in [-0.25, -0.2) is 4.52 Å². The highest BCUT2D eigenvalue weighted by Crippen LogP contribution is 2.34. The van der Waals surface area contributed by atoms with E-state index in [0.29, 0.717) is 12.2 Å². The number of aliphatic hydroxyl groups excluding tert-OH is 1. The van der Waals surface area contributed by atoms with Gasteiger partial charge >= 0.3 is 0 Å². The van der Waals surface area contributed by atoms with Gasteiger partial charge < -0.3 is 15.2 Å². The van der Waals surface area contributed by atoms with Crippen LogP contribution in [0.3, 0.4) is 0 Å². The Morgan fingerprint density at radius 2 is 2.10 bits per heavy atom. The van der Waals surface area contributed by atoms with Crippen molar-refractivity contribution in [1.82, 2.24) is 14.6 Å². The average Bonchev–Trinajstić information content (AvgIpc) is 3.36. The Balaban J connectivity index is 1.44. The van der Waals surface area contributed by atoms with Crippen molar-refractivity contribution < 1.29 is 14.6 Å². The normalized spacial score (nSPS) is 21.4. The third kappa shape index (κ3) is 3.82. The minimum atomic E-state index is -0.283. The van der Waals surface area contributed by atoms with Gasteiger partial charge in [0.2, 0.25) is 5.91 Å². The van der Waals surface area contributed by atoms with Crippen LogP contribution in [0.15, 0.2) is 36.7 Å². The molecule has 3 aromatic heterocycles. The standard InChI is InChI=1S/C22H24N4O3/c1-13-8-19(20(12-23-13)29-18-5-4-17(27)11-18)15-6-7-26-16(9-15)10-21(25-26)24-22(28)14-2-3-14/h6-10,12,14,17-18,27H,2-5,11H2,1H3,(H,24,25,28)/t17-,18+/m1/s1. The Bertz CT molecular complexity index is 1070. The molecule has 0 saturated heterocycles. The molecule has 7 nitrogen and oxygen atoms in total. The molecule has 29 heavy (non-hydrogen) atoms. The number of anilines is 1. The number of aromatic nitrogens is 3. The van der Waals surface area contributed by atoms with Crippen molar-refractivity contribution in [2.75, 3.05) is 5.32 Å². The zero-order valence-electron chi connectivity index (χ0n) is 16.3. The highest BCUT2D eigenvalue weighted by atomic mass is 16.5. The molecule has 2 fully saturated rings. The van der Waals surface area contributed by atoms with Crippen LogP contribution in [0.1, 0.15) is 37.8 Å². The topological polar surface area (TPSA) is 88.8 Å². The fraction of sp³-hybridized carbons (Fsp3) is 0.409. The molecule has 0 unspecified atom stereocenters. The summed E-state index contributed by atoms with van der Waals surface area (Å²) in [7, 11) is 0. The van der Waals surface area contributed by atoms with E-state index < -0.39 is 0 Å². The van der Waals surface area contributed by atoms with E-state index in [4.69, 9.17) is 4.74 Å². The van der Waals surface area contributed by atoms with Crippen LogP contribution in [0.25, 0.3) is 16.6 Å². The number of aryl methyl sites for hydroxylation is 1. The summed E-state index contributed by atoms with van der Waals surface area (Å²) in [5.74, 6) is 1.49. The largest absolute Gasteiger partial charge is 0.488 e. The van der Waals surface area contributed by atoms with Crippen molar-refractivity contribution in [1.29, 1.82) is 0 Å². The van der Waals surface area contributed by atoms with Gasteiger partial charge in [0.1, 0.15) is 11.9 Å². The summed E-state index contributed by atoms with van der Waals surface area (Å²) in [4.78, 5) is 16.4. The summed E-state index contributed by atoms with van der Waals surface area (Å²) in [6.07, 6.45) is 7.57. The fourth-order valence-corrected chi connectivity index (χ4v) is 3.87. The van der Waals surface area contributed by atoms with Crippen molar-refractivity contribution in [2.45, 2.75) is 51.2 Å². The molecule has 0 aromatic carbocycles. The number of fused-ring (bicyclic) bond motifs is 1. The predicted molar refractivity (Wildman–Crippen MR) is 109 cm³/mol. The molecular formula is C22H24N4O3. The fourth-order valence-electron chi connectivity index (χ4n) is 3.87. The Morgan fingerprint density at radius 1 is 1.24 bits per heavy atom. The van der Waals surface area contributed by atoms with Gasteiger partial charge in [-0.1, -0.05) is 0 Å². The molecule has 2 saturated carbocycles. The number of nitrogens with zero attached hydrogens (tertiary/aromatic N) is 3. The van der Waals surface area contributed by atoms with Crippen molar-refractivity contribution in [3.8, 4) is 16.9 Å². The van der Waals surface area contributed by atoms with Crippen LogP contribution in [0.2, 0.25) is 0 Å². The minimum absolute atomic E-state index is 0.0104. The van der Waals surface area contributed by atoms with E-state index in [1.807, 2.05) is 37.4 Å². The molecule has 2 N–H and O–H groups in total. The second kappa shape index (κ2) is 7.15. The van der Waals surface area contributed by atoms with Gasteiger partial charge in [-0.15, -0.1) is 0 Å². The SMILES string of the molecule is Cc1cc(-c2ccn3nc(NC(=O)C4CC4)cc3c2)c(O[C@H]2CC[C@@H](O)C2)cn1. The van der Waals surface area contributed by atoms with Crippen LogP contribution >= 0.6 is 0 Å². The van der Waals surface area contributed by atoms with E-state index >= 15 is 0 Å². The maximum Gasteiger partial charge on any atom is 0.228 e. The smallest absolute Gasteiger partial charge is 0.228 e. The summed E-state index contributed by atoms with van der Waals surface area (Å²) in [5, 5.41) is 17.1. The first-order valence-electron chi connectivity index (χ1n) is 10.2. The van der Waals surface area contributed by atoms with E-state index in [9.17, 15) is 9.90 Å². The molecule has 0 bridgehead atoms. The molecule has 3 aromatic rings. The van der Waals surface area contributed by atoms with Crippen LogP contribution in [0.4, 0.5) is 5.82 Å². The molecule has 1 amide bonds. The number of hydrogen-bond donors (Lipinski definition) is 2. The van der Waals surface area contributed by atoms with Crippen LogP contribution in [-0.4, -0.2) is 37.8 Å². The van der Waals surface area contributed by atoms with Crippen molar-refractivity contribution in [3.05, 3.63) is 42.4 Å². The Hall–Kier alpha value is -2.93. The van der Waals surface area contributed by atoms with E-state index in [0.717, 1.165) is 53.8 Å². The first-order chi connectivity index (χ1) is 14.0. The molecule has 2 atom stereocenters. The summed E-state index contributed by atoms with van der Waals surface area (Å²) < 4.78 is 7.95. The lowest BCUT2D eigenvalue weighted by Gasteiger charge is -2.17. The maximum absolute atomic E-state index is 12.0. The number of aliphatic hydroxyl groups is 1. The zero-order chi connectivity index (χ0) is 20.0.